The summed E-state index contributed by atoms with van der Waals surface area (Å²) in [5, 5.41) is 2.85. The summed E-state index contributed by atoms with van der Waals surface area (Å²) in [7, 11) is 3.72. The van der Waals surface area contributed by atoms with Crippen molar-refractivity contribution < 1.29 is 14.0 Å². The van der Waals surface area contributed by atoms with Gasteiger partial charge in [0.15, 0.2) is 11.6 Å². The minimum Gasteiger partial charge on any atom is -0.423 e. The van der Waals surface area contributed by atoms with Crippen molar-refractivity contribution in [2.75, 3.05) is 37.4 Å². The zero-order chi connectivity index (χ0) is 25.1. The van der Waals surface area contributed by atoms with Gasteiger partial charge in [0, 0.05) is 55.8 Å². The Morgan fingerprint density at radius 1 is 1.03 bits per heavy atom. The second-order valence-corrected chi connectivity index (χ2v) is 8.97. The lowest BCUT2D eigenvalue weighted by Crippen LogP contribution is -2.35. The minimum absolute atomic E-state index is 0.00357. The molecule has 0 spiro atoms. The molecule has 0 atom stereocenters. The number of aromatic amines is 1. The van der Waals surface area contributed by atoms with E-state index in [1.165, 1.54) is 0 Å². The number of aromatic nitrogens is 3. The van der Waals surface area contributed by atoms with Crippen LogP contribution < -0.4 is 10.2 Å². The van der Waals surface area contributed by atoms with Crippen molar-refractivity contribution in [1.29, 1.82) is 0 Å². The third-order valence-electron chi connectivity index (χ3n) is 6.17. The molecule has 1 fully saturated rings. The first-order valence-electron chi connectivity index (χ1n) is 12.0. The predicted molar refractivity (Wildman–Crippen MR) is 138 cm³/mol. The summed E-state index contributed by atoms with van der Waals surface area (Å²) >= 11 is 0. The van der Waals surface area contributed by atoms with Gasteiger partial charge >= 0.3 is 0 Å². The van der Waals surface area contributed by atoms with E-state index in [9.17, 15) is 9.59 Å². The highest BCUT2D eigenvalue weighted by Gasteiger charge is 2.22. The highest BCUT2D eigenvalue weighted by Crippen LogP contribution is 2.26. The molecule has 1 aliphatic rings. The van der Waals surface area contributed by atoms with E-state index in [0.717, 1.165) is 37.9 Å². The van der Waals surface area contributed by atoms with Gasteiger partial charge in [0.25, 0.3) is 17.8 Å². The molecule has 36 heavy (non-hydrogen) atoms. The van der Waals surface area contributed by atoms with Gasteiger partial charge in [-0.1, -0.05) is 18.2 Å². The molecule has 0 saturated carbocycles. The number of hydrogen-bond donors (Lipinski definition) is 2. The standard InChI is InChI=1S/C27H28N6O3/c1-32(2)27-29-17-23(36-27)18-10-12-19(13-11-18)30-25(34)24-28-16-22(31-24)20-8-4-5-9-21(20)26(35)33-14-6-3-7-15-33/h4-5,8-13,16-17H,3,6-7,14-15H2,1-2H3,(H,28,31)(H,30,34). The van der Waals surface area contributed by atoms with Crippen molar-refractivity contribution in [1.82, 2.24) is 19.9 Å². The molecule has 2 aromatic heterocycles. The second-order valence-electron chi connectivity index (χ2n) is 8.97. The molecule has 1 saturated heterocycles. The molecular weight excluding hydrogens is 456 g/mol. The Bertz CT molecular complexity index is 1370. The molecule has 4 aromatic rings. The monoisotopic (exact) mass is 484 g/mol. The van der Waals surface area contributed by atoms with E-state index in [2.05, 4.69) is 20.3 Å². The Balaban J connectivity index is 1.29. The van der Waals surface area contributed by atoms with Gasteiger partial charge in [-0.05, 0) is 49.6 Å². The van der Waals surface area contributed by atoms with Gasteiger partial charge in [0.1, 0.15) is 0 Å². The molecule has 3 heterocycles. The molecular formula is C27H28N6O3. The number of anilines is 2. The van der Waals surface area contributed by atoms with E-state index < -0.39 is 0 Å². The topological polar surface area (TPSA) is 107 Å². The highest BCUT2D eigenvalue weighted by molar-refractivity contribution is 6.03. The number of oxazole rings is 1. The number of nitrogens with zero attached hydrogens (tertiary/aromatic N) is 4. The van der Waals surface area contributed by atoms with Crippen LogP contribution in [0.25, 0.3) is 22.6 Å². The van der Waals surface area contributed by atoms with Crippen molar-refractivity contribution in [3.05, 3.63) is 72.3 Å². The number of amides is 2. The fraction of sp³-hybridized carbons (Fsp3) is 0.259. The predicted octanol–water partition coefficient (Wildman–Crippen LogP) is 4.68. The van der Waals surface area contributed by atoms with E-state index in [-0.39, 0.29) is 17.6 Å². The van der Waals surface area contributed by atoms with Crippen LogP contribution in [0, 0.1) is 0 Å². The third-order valence-corrected chi connectivity index (χ3v) is 6.17. The molecule has 9 nitrogen and oxygen atoms in total. The molecule has 1 aliphatic heterocycles. The number of carbonyl (C=O) groups is 2. The first-order chi connectivity index (χ1) is 17.5. The Kier molecular flexibility index (Phi) is 6.53. The van der Waals surface area contributed by atoms with Crippen LogP contribution >= 0.6 is 0 Å². The normalized spacial score (nSPS) is 13.4. The van der Waals surface area contributed by atoms with Gasteiger partial charge < -0.3 is 24.5 Å². The number of piperidine rings is 1. The van der Waals surface area contributed by atoms with Crippen molar-refractivity contribution in [3.8, 4) is 22.6 Å². The molecule has 2 aromatic carbocycles. The van der Waals surface area contributed by atoms with Gasteiger partial charge in [-0.15, -0.1) is 0 Å². The molecule has 2 N–H and O–H groups in total. The molecule has 0 unspecified atom stereocenters. The number of likely N-dealkylation sites (tertiary alicyclic amines) is 1. The molecule has 0 radical (unpaired) electrons. The maximum atomic E-state index is 13.1. The van der Waals surface area contributed by atoms with Crippen molar-refractivity contribution in [2.45, 2.75) is 19.3 Å². The van der Waals surface area contributed by atoms with Crippen LogP contribution in [0.3, 0.4) is 0 Å². The first-order valence-corrected chi connectivity index (χ1v) is 12.0. The minimum atomic E-state index is -0.372. The van der Waals surface area contributed by atoms with E-state index >= 15 is 0 Å². The highest BCUT2D eigenvalue weighted by atomic mass is 16.4. The SMILES string of the molecule is CN(C)c1ncc(-c2ccc(NC(=O)c3nc(-c4ccccc4C(=O)N4CCCCC4)c[nH]3)cc2)o1. The fourth-order valence-corrected chi connectivity index (χ4v) is 4.25. The fourth-order valence-electron chi connectivity index (χ4n) is 4.25. The van der Waals surface area contributed by atoms with Crippen molar-refractivity contribution in [2.24, 2.45) is 0 Å². The summed E-state index contributed by atoms with van der Waals surface area (Å²) in [5.74, 6) is 0.442. The quantitative estimate of drug-likeness (QED) is 0.412. The Morgan fingerprint density at radius 2 is 1.78 bits per heavy atom. The van der Waals surface area contributed by atoms with E-state index in [1.54, 1.807) is 29.4 Å². The van der Waals surface area contributed by atoms with Crippen LogP contribution in [0.15, 0.2) is 65.3 Å². The van der Waals surface area contributed by atoms with E-state index in [4.69, 9.17) is 4.42 Å². The zero-order valence-electron chi connectivity index (χ0n) is 20.3. The number of rotatable bonds is 6. The molecule has 0 bridgehead atoms. The molecule has 9 heteroatoms. The molecule has 5 rings (SSSR count). The maximum absolute atomic E-state index is 13.1. The average Bonchev–Trinajstić information content (AvgIpc) is 3.60. The number of hydrogen-bond acceptors (Lipinski definition) is 6. The van der Waals surface area contributed by atoms with Gasteiger partial charge in [-0.2, -0.15) is 0 Å². The Labute approximate surface area is 209 Å². The molecule has 0 aliphatic carbocycles. The Hall–Kier alpha value is -4.40. The lowest BCUT2D eigenvalue weighted by atomic mass is 10.0. The van der Waals surface area contributed by atoms with Gasteiger partial charge in [-0.3, -0.25) is 9.59 Å². The van der Waals surface area contributed by atoms with Crippen LogP contribution in [0.1, 0.15) is 40.2 Å². The van der Waals surface area contributed by atoms with Crippen LogP contribution in [0.4, 0.5) is 11.7 Å². The number of H-pyrrole nitrogens is 1. The van der Waals surface area contributed by atoms with Crippen LogP contribution in [-0.2, 0) is 0 Å². The van der Waals surface area contributed by atoms with Gasteiger partial charge in [-0.25, -0.2) is 9.97 Å². The van der Waals surface area contributed by atoms with E-state index in [0.29, 0.717) is 34.3 Å². The van der Waals surface area contributed by atoms with Gasteiger partial charge in [0.05, 0.1) is 11.9 Å². The van der Waals surface area contributed by atoms with E-state index in [1.807, 2.05) is 55.4 Å². The summed E-state index contributed by atoms with van der Waals surface area (Å²) in [5.41, 5.74) is 3.33. The third kappa shape index (κ3) is 4.86. The average molecular weight is 485 g/mol. The summed E-state index contributed by atoms with van der Waals surface area (Å²) in [6.45, 7) is 1.54. The first kappa shape index (κ1) is 23.3. The number of imidazole rings is 1. The summed E-state index contributed by atoms with van der Waals surface area (Å²) in [6, 6.07) is 15.2. The Morgan fingerprint density at radius 3 is 2.50 bits per heavy atom. The smallest absolute Gasteiger partial charge is 0.297 e. The van der Waals surface area contributed by atoms with Crippen LogP contribution in [-0.4, -0.2) is 58.9 Å². The molecule has 2 amide bonds. The zero-order valence-corrected chi connectivity index (χ0v) is 20.3. The van der Waals surface area contributed by atoms with Crippen LogP contribution in [0.2, 0.25) is 0 Å². The largest absolute Gasteiger partial charge is 0.423 e. The summed E-state index contributed by atoms with van der Waals surface area (Å²) in [4.78, 5) is 41.3. The van der Waals surface area contributed by atoms with Crippen molar-refractivity contribution in [3.63, 3.8) is 0 Å². The summed E-state index contributed by atoms with van der Waals surface area (Å²) < 4.78 is 5.72. The molecule has 184 valence electrons. The maximum Gasteiger partial charge on any atom is 0.297 e. The summed E-state index contributed by atoms with van der Waals surface area (Å²) in [6.07, 6.45) is 6.53. The van der Waals surface area contributed by atoms with Gasteiger partial charge in [0.2, 0.25) is 0 Å². The second kappa shape index (κ2) is 10.1. The number of nitrogens with one attached hydrogen (secondary N) is 2. The number of benzene rings is 2. The lowest BCUT2D eigenvalue weighted by Gasteiger charge is -2.27. The van der Waals surface area contributed by atoms with Crippen LogP contribution in [0.5, 0.6) is 0 Å². The lowest BCUT2D eigenvalue weighted by molar-refractivity contribution is 0.0725. The number of carbonyl (C=O) groups excluding carboxylic acids is 2. The van der Waals surface area contributed by atoms with Crippen molar-refractivity contribution >= 4 is 23.5 Å².